The Morgan fingerprint density at radius 1 is 1.12 bits per heavy atom. The Balaban J connectivity index is 1.92. The number of hydrogen-bond acceptors (Lipinski definition) is 4. The van der Waals surface area contributed by atoms with Crippen LogP contribution >= 0.6 is 0 Å². The Morgan fingerprint density at radius 3 is 2.58 bits per heavy atom. The van der Waals surface area contributed by atoms with Gasteiger partial charge in [-0.1, -0.05) is 19.8 Å². The van der Waals surface area contributed by atoms with Gasteiger partial charge >= 0.3 is 6.03 Å². The summed E-state index contributed by atoms with van der Waals surface area (Å²) < 4.78 is 11.1. The first-order chi connectivity index (χ1) is 12.6. The molecular formula is C20H27N3O3. The van der Waals surface area contributed by atoms with Crippen molar-refractivity contribution in [1.82, 2.24) is 5.32 Å². The molecule has 6 heteroatoms. The Kier molecular flexibility index (Phi) is 7.76. The number of amides is 2. The van der Waals surface area contributed by atoms with Crippen molar-refractivity contribution in [1.29, 1.82) is 0 Å². The molecule has 0 saturated carbocycles. The number of carbonyl (C=O) groups excluding carboxylic acids is 1. The summed E-state index contributed by atoms with van der Waals surface area (Å²) >= 11 is 0. The van der Waals surface area contributed by atoms with Crippen LogP contribution in [0.1, 0.15) is 31.7 Å². The Labute approximate surface area is 154 Å². The maximum atomic E-state index is 11.8. The first-order valence-electron chi connectivity index (χ1n) is 8.82. The van der Waals surface area contributed by atoms with Crippen LogP contribution in [0.15, 0.2) is 42.5 Å². The summed E-state index contributed by atoms with van der Waals surface area (Å²) in [5.41, 5.74) is 8.06. The SMILES string of the molecule is CCCCCNC(=O)Nc1ccc(Oc2ccc(N)cc2COC)cc1. The first-order valence-corrected chi connectivity index (χ1v) is 8.82. The molecule has 0 unspecified atom stereocenters. The van der Waals surface area contributed by atoms with E-state index in [1.807, 2.05) is 12.1 Å². The highest BCUT2D eigenvalue weighted by Crippen LogP contribution is 2.28. The van der Waals surface area contributed by atoms with E-state index < -0.39 is 0 Å². The maximum absolute atomic E-state index is 11.8. The summed E-state index contributed by atoms with van der Waals surface area (Å²) in [5, 5.41) is 5.65. The maximum Gasteiger partial charge on any atom is 0.319 e. The average molecular weight is 357 g/mol. The van der Waals surface area contributed by atoms with E-state index in [0.29, 0.717) is 36.0 Å². The van der Waals surface area contributed by atoms with Crippen LogP contribution in [0.2, 0.25) is 0 Å². The third kappa shape index (κ3) is 6.29. The fourth-order valence-corrected chi connectivity index (χ4v) is 2.45. The summed E-state index contributed by atoms with van der Waals surface area (Å²) in [7, 11) is 1.63. The molecule has 6 nitrogen and oxygen atoms in total. The molecule has 0 aliphatic carbocycles. The van der Waals surface area contributed by atoms with E-state index in [2.05, 4.69) is 17.6 Å². The highest BCUT2D eigenvalue weighted by molar-refractivity contribution is 5.89. The average Bonchev–Trinajstić information content (AvgIpc) is 2.63. The van der Waals surface area contributed by atoms with E-state index >= 15 is 0 Å². The minimum absolute atomic E-state index is 0.198. The normalized spacial score (nSPS) is 10.4. The van der Waals surface area contributed by atoms with Gasteiger partial charge in [0.05, 0.1) is 6.61 Å². The number of hydrogen-bond donors (Lipinski definition) is 3. The van der Waals surface area contributed by atoms with Crippen molar-refractivity contribution >= 4 is 17.4 Å². The number of carbonyl (C=O) groups is 1. The number of benzene rings is 2. The Hall–Kier alpha value is -2.73. The van der Waals surface area contributed by atoms with Crippen LogP contribution in [0.3, 0.4) is 0 Å². The number of anilines is 2. The second kappa shape index (κ2) is 10.3. The molecule has 2 rings (SSSR count). The predicted molar refractivity (Wildman–Crippen MR) is 105 cm³/mol. The number of unbranched alkanes of at least 4 members (excludes halogenated alkanes) is 2. The topological polar surface area (TPSA) is 85.6 Å². The molecule has 2 aromatic carbocycles. The van der Waals surface area contributed by atoms with Gasteiger partial charge in [0.25, 0.3) is 0 Å². The minimum atomic E-state index is -0.198. The number of nitrogens with two attached hydrogens (primary N) is 1. The van der Waals surface area contributed by atoms with Crippen LogP contribution in [0.4, 0.5) is 16.2 Å². The van der Waals surface area contributed by atoms with E-state index in [4.69, 9.17) is 15.2 Å². The van der Waals surface area contributed by atoms with Gasteiger partial charge in [-0.05, 0) is 48.9 Å². The van der Waals surface area contributed by atoms with Gasteiger partial charge in [-0.3, -0.25) is 0 Å². The highest BCUT2D eigenvalue weighted by Gasteiger charge is 2.07. The molecule has 2 amide bonds. The van der Waals surface area contributed by atoms with E-state index in [1.165, 1.54) is 0 Å². The van der Waals surface area contributed by atoms with Gasteiger partial charge < -0.3 is 25.8 Å². The van der Waals surface area contributed by atoms with Crippen molar-refractivity contribution in [3.05, 3.63) is 48.0 Å². The highest BCUT2D eigenvalue weighted by atomic mass is 16.5. The quantitative estimate of drug-likeness (QED) is 0.455. The van der Waals surface area contributed by atoms with Crippen molar-refractivity contribution in [2.45, 2.75) is 32.8 Å². The lowest BCUT2D eigenvalue weighted by Gasteiger charge is -2.12. The molecule has 0 aliphatic rings. The lowest BCUT2D eigenvalue weighted by Crippen LogP contribution is -2.29. The largest absolute Gasteiger partial charge is 0.457 e. The molecule has 0 atom stereocenters. The van der Waals surface area contributed by atoms with Gasteiger partial charge in [0.15, 0.2) is 0 Å². The van der Waals surface area contributed by atoms with Crippen LogP contribution in [0, 0.1) is 0 Å². The van der Waals surface area contributed by atoms with Gasteiger partial charge in [-0.2, -0.15) is 0 Å². The second-order valence-corrected chi connectivity index (χ2v) is 6.01. The summed E-state index contributed by atoms with van der Waals surface area (Å²) in [6, 6.07) is 12.4. The van der Waals surface area contributed by atoms with Crippen molar-refractivity contribution in [3.63, 3.8) is 0 Å². The molecule has 0 saturated heterocycles. The van der Waals surface area contributed by atoms with E-state index in [1.54, 1.807) is 37.4 Å². The number of nitrogens with one attached hydrogen (secondary N) is 2. The van der Waals surface area contributed by atoms with Gasteiger partial charge in [0, 0.05) is 30.6 Å². The molecule has 0 radical (unpaired) electrons. The predicted octanol–water partition coefficient (Wildman–Crippen LogP) is 4.52. The van der Waals surface area contributed by atoms with Gasteiger partial charge in [0.1, 0.15) is 11.5 Å². The van der Waals surface area contributed by atoms with Crippen LogP contribution in [0.25, 0.3) is 0 Å². The number of rotatable bonds is 9. The second-order valence-electron chi connectivity index (χ2n) is 6.01. The monoisotopic (exact) mass is 357 g/mol. The lowest BCUT2D eigenvalue weighted by molar-refractivity contribution is 0.182. The van der Waals surface area contributed by atoms with Crippen LogP contribution in [-0.2, 0) is 11.3 Å². The number of urea groups is 1. The van der Waals surface area contributed by atoms with Crippen molar-refractivity contribution < 1.29 is 14.3 Å². The number of nitrogen functional groups attached to an aromatic ring is 1. The standard InChI is InChI=1S/C20H27N3O3/c1-3-4-5-12-22-20(24)23-17-7-9-18(10-8-17)26-19-11-6-16(21)13-15(19)14-25-2/h6-11,13H,3-5,12,14,21H2,1-2H3,(H2,22,23,24). The third-order valence-corrected chi connectivity index (χ3v) is 3.79. The molecule has 26 heavy (non-hydrogen) atoms. The molecule has 0 fully saturated rings. The smallest absolute Gasteiger partial charge is 0.319 e. The first kappa shape index (κ1) is 19.6. The van der Waals surface area contributed by atoms with E-state index in [-0.39, 0.29) is 6.03 Å². The zero-order chi connectivity index (χ0) is 18.8. The van der Waals surface area contributed by atoms with Crippen LogP contribution < -0.4 is 21.1 Å². The van der Waals surface area contributed by atoms with Crippen LogP contribution in [0.5, 0.6) is 11.5 Å². The Morgan fingerprint density at radius 2 is 1.88 bits per heavy atom. The molecule has 4 N–H and O–H groups in total. The summed E-state index contributed by atoms with van der Waals surface area (Å²) in [5.74, 6) is 1.36. The van der Waals surface area contributed by atoms with Gasteiger partial charge in [-0.15, -0.1) is 0 Å². The number of ether oxygens (including phenoxy) is 2. The summed E-state index contributed by atoms with van der Waals surface area (Å²) in [4.78, 5) is 11.8. The molecule has 2 aromatic rings. The van der Waals surface area contributed by atoms with E-state index in [0.717, 1.165) is 24.8 Å². The zero-order valence-electron chi connectivity index (χ0n) is 15.4. The van der Waals surface area contributed by atoms with Crippen LogP contribution in [-0.4, -0.2) is 19.7 Å². The van der Waals surface area contributed by atoms with E-state index in [9.17, 15) is 4.79 Å². The summed E-state index contributed by atoms with van der Waals surface area (Å²) in [6.07, 6.45) is 3.23. The molecule has 0 bridgehead atoms. The molecule has 140 valence electrons. The van der Waals surface area contributed by atoms with Crippen molar-refractivity contribution in [3.8, 4) is 11.5 Å². The Bertz CT molecular complexity index is 702. The van der Waals surface area contributed by atoms with Crippen molar-refractivity contribution in [2.24, 2.45) is 0 Å². The molecule has 0 heterocycles. The fraction of sp³-hybridized carbons (Fsp3) is 0.350. The fourth-order valence-electron chi connectivity index (χ4n) is 2.45. The van der Waals surface area contributed by atoms with Gasteiger partial charge in [0.2, 0.25) is 0 Å². The molecule has 0 aliphatic heterocycles. The van der Waals surface area contributed by atoms with Crippen molar-refractivity contribution in [2.75, 3.05) is 24.7 Å². The molecule has 0 spiro atoms. The number of methoxy groups -OCH3 is 1. The van der Waals surface area contributed by atoms with Gasteiger partial charge in [-0.25, -0.2) is 4.79 Å². The third-order valence-electron chi connectivity index (χ3n) is 3.79. The summed E-state index contributed by atoms with van der Waals surface area (Å²) in [6.45, 7) is 3.23. The molecular weight excluding hydrogens is 330 g/mol. The molecule has 0 aromatic heterocycles. The zero-order valence-corrected chi connectivity index (χ0v) is 15.4. The minimum Gasteiger partial charge on any atom is -0.457 e. The lowest BCUT2D eigenvalue weighted by atomic mass is 10.2.